The zero-order valence-electron chi connectivity index (χ0n) is 19.2. The van der Waals surface area contributed by atoms with Crippen LogP contribution in [-0.4, -0.2) is 23.0 Å². The fourth-order valence-electron chi connectivity index (χ4n) is 4.05. The first-order valence-corrected chi connectivity index (χ1v) is 10.8. The number of methoxy groups -OCH3 is 1. The van der Waals surface area contributed by atoms with Gasteiger partial charge < -0.3 is 15.8 Å². The lowest BCUT2D eigenvalue weighted by Gasteiger charge is -2.17. The highest BCUT2D eigenvalue weighted by Crippen LogP contribution is 2.37. The molecular formula is C27H25FN4O2. The van der Waals surface area contributed by atoms with Crippen molar-refractivity contribution in [3.8, 4) is 28.0 Å². The number of benzene rings is 3. The lowest BCUT2D eigenvalue weighted by atomic mass is 9.90. The van der Waals surface area contributed by atoms with E-state index in [1.54, 1.807) is 0 Å². The van der Waals surface area contributed by atoms with Gasteiger partial charge in [0.1, 0.15) is 17.3 Å². The quantitative estimate of drug-likeness (QED) is 0.412. The second-order valence-corrected chi connectivity index (χ2v) is 7.84. The number of carbonyl (C=O) groups is 1. The maximum Gasteiger partial charge on any atom is 0.275 e. The molecule has 0 spiro atoms. The van der Waals surface area contributed by atoms with E-state index in [0.29, 0.717) is 22.6 Å². The zero-order chi connectivity index (χ0) is 24.2. The Labute approximate surface area is 197 Å². The molecule has 7 heteroatoms. The molecule has 0 aliphatic rings. The largest absolute Gasteiger partial charge is 0.496 e. The van der Waals surface area contributed by atoms with Gasteiger partial charge in [0, 0.05) is 30.2 Å². The van der Waals surface area contributed by atoms with E-state index in [2.05, 4.69) is 15.3 Å². The third-order valence-corrected chi connectivity index (χ3v) is 5.89. The third kappa shape index (κ3) is 4.38. The van der Waals surface area contributed by atoms with Crippen LogP contribution in [-0.2, 0) is 6.54 Å². The van der Waals surface area contributed by atoms with Gasteiger partial charge in [-0.2, -0.15) is 0 Å². The van der Waals surface area contributed by atoms with Gasteiger partial charge in [0.15, 0.2) is 0 Å². The number of halogens is 1. The second-order valence-electron chi connectivity index (χ2n) is 7.84. The number of rotatable bonds is 6. The van der Waals surface area contributed by atoms with Gasteiger partial charge in [0.25, 0.3) is 5.91 Å². The van der Waals surface area contributed by atoms with Gasteiger partial charge >= 0.3 is 0 Å². The highest BCUT2D eigenvalue weighted by atomic mass is 19.1. The minimum atomic E-state index is -0.397. The number of nitrogens with two attached hydrogens (primary N) is 1. The minimum absolute atomic E-state index is 0.0561. The molecule has 0 aliphatic carbocycles. The number of nitrogens with one attached hydrogen (secondary N) is 1. The Morgan fingerprint density at radius 2 is 1.74 bits per heavy atom. The fraction of sp³-hybridized carbons (Fsp3) is 0.148. The molecule has 1 amide bonds. The molecule has 34 heavy (non-hydrogen) atoms. The summed E-state index contributed by atoms with van der Waals surface area (Å²) in [6.07, 6.45) is 4.42. The van der Waals surface area contributed by atoms with Crippen LogP contribution >= 0.6 is 0 Å². The highest BCUT2D eigenvalue weighted by molar-refractivity contribution is 6.03. The molecule has 0 atom stereocenters. The Morgan fingerprint density at radius 3 is 2.41 bits per heavy atom. The van der Waals surface area contributed by atoms with E-state index in [9.17, 15) is 9.18 Å². The third-order valence-electron chi connectivity index (χ3n) is 5.89. The number of ether oxygens (including phenoxy) is 1. The number of hydrogen-bond acceptors (Lipinski definition) is 5. The molecule has 4 rings (SSSR count). The lowest BCUT2D eigenvalue weighted by Crippen LogP contribution is -2.14. The van der Waals surface area contributed by atoms with E-state index in [1.165, 1.54) is 31.8 Å². The van der Waals surface area contributed by atoms with Gasteiger partial charge in [-0.3, -0.25) is 9.78 Å². The van der Waals surface area contributed by atoms with Crippen LogP contribution in [0.1, 0.15) is 27.2 Å². The van der Waals surface area contributed by atoms with Crippen LogP contribution in [0.2, 0.25) is 0 Å². The maximum absolute atomic E-state index is 14.7. The summed E-state index contributed by atoms with van der Waals surface area (Å²) in [5.74, 6) is -0.305. The van der Waals surface area contributed by atoms with Crippen LogP contribution in [0.5, 0.6) is 5.75 Å². The van der Waals surface area contributed by atoms with Crippen molar-refractivity contribution in [1.82, 2.24) is 9.97 Å². The number of carbonyl (C=O) groups excluding carboxylic acids is 1. The molecule has 0 aliphatic heterocycles. The second kappa shape index (κ2) is 9.80. The summed E-state index contributed by atoms with van der Waals surface area (Å²) in [6.45, 7) is 4.00. The first-order chi connectivity index (χ1) is 16.4. The standard InChI is InChI=1S/C27H25FN4O2/c1-16-19(18-12-23(28)22(14-29)26(13-18)34-3)6-4-7-20(16)21-8-5-9-24(17(21)2)32-27(33)25-15-30-10-11-31-25/h4-13,15H,14,29H2,1-3H3,(H,32,33). The molecule has 0 fully saturated rings. The first kappa shape index (κ1) is 23.1. The van der Waals surface area contributed by atoms with Crippen molar-refractivity contribution in [2.75, 3.05) is 12.4 Å². The van der Waals surface area contributed by atoms with Crippen molar-refractivity contribution < 1.29 is 13.9 Å². The molecule has 0 radical (unpaired) electrons. The fourth-order valence-corrected chi connectivity index (χ4v) is 4.05. The monoisotopic (exact) mass is 456 g/mol. The molecule has 3 N–H and O–H groups in total. The van der Waals surface area contributed by atoms with Crippen LogP contribution < -0.4 is 15.8 Å². The molecule has 0 saturated carbocycles. The van der Waals surface area contributed by atoms with Crippen LogP contribution in [0.3, 0.4) is 0 Å². The normalized spacial score (nSPS) is 10.7. The van der Waals surface area contributed by atoms with E-state index < -0.39 is 5.82 Å². The smallest absolute Gasteiger partial charge is 0.275 e. The van der Waals surface area contributed by atoms with E-state index in [1.807, 2.05) is 56.3 Å². The summed E-state index contributed by atoms with van der Waals surface area (Å²) >= 11 is 0. The SMILES string of the molecule is COc1cc(-c2cccc(-c3cccc(NC(=O)c4cnccn4)c3C)c2C)cc(F)c1CN. The minimum Gasteiger partial charge on any atom is -0.496 e. The number of amides is 1. The average Bonchev–Trinajstić information content (AvgIpc) is 2.85. The Hall–Kier alpha value is -4.10. The van der Waals surface area contributed by atoms with Crippen molar-refractivity contribution in [2.45, 2.75) is 20.4 Å². The number of hydrogen-bond donors (Lipinski definition) is 2. The van der Waals surface area contributed by atoms with Crippen molar-refractivity contribution in [2.24, 2.45) is 5.73 Å². The highest BCUT2D eigenvalue weighted by Gasteiger charge is 2.17. The van der Waals surface area contributed by atoms with Gasteiger partial charge in [0.2, 0.25) is 0 Å². The van der Waals surface area contributed by atoms with Crippen LogP contribution in [0.25, 0.3) is 22.3 Å². The first-order valence-electron chi connectivity index (χ1n) is 10.8. The van der Waals surface area contributed by atoms with Crippen LogP contribution in [0, 0.1) is 19.7 Å². The zero-order valence-corrected chi connectivity index (χ0v) is 19.2. The number of anilines is 1. The van der Waals surface area contributed by atoms with Gasteiger partial charge in [-0.15, -0.1) is 0 Å². The lowest BCUT2D eigenvalue weighted by molar-refractivity contribution is 0.102. The summed E-state index contributed by atoms with van der Waals surface area (Å²) in [5.41, 5.74) is 12.4. The Bertz CT molecular complexity index is 1360. The number of nitrogens with zero attached hydrogens (tertiary/aromatic N) is 2. The molecule has 0 unspecified atom stereocenters. The summed E-state index contributed by atoms with van der Waals surface area (Å²) in [5, 5.41) is 2.92. The van der Waals surface area contributed by atoms with Crippen LogP contribution in [0.4, 0.5) is 10.1 Å². The van der Waals surface area contributed by atoms with E-state index in [4.69, 9.17) is 10.5 Å². The van der Waals surface area contributed by atoms with Crippen molar-refractivity contribution in [3.05, 3.63) is 95.3 Å². The van der Waals surface area contributed by atoms with E-state index in [-0.39, 0.29) is 18.1 Å². The molecule has 0 saturated heterocycles. The molecule has 4 aromatic rings. The average molecular weight is 457 g/mol. The number of aromatic nitrogens is 2. The Balaban J connectivity index is 1.75. The summed E-state index contributed by atoms with van der Waals surface area (Å²) in [6, 6.07) is 14.9. The van der Waals surface area contributed by atoms with Crippen molar-refractivity contribution in [1.29, 1.82) is 0 Å². The van der Waals surface area contributed by atoms with Gasteiger partial charge in [-0.05, 0) is 65.4 Å². The van der Waals surface area contributed by atoms with E-state index in [0.717, 1.165) is 27.8 Å². The molecule has 0 bridgehead atoms. The Morgan fingerprint density at radius 1 is 1.03 bits per heavy atom. The molecule has 172 valence electrons. The molecular weight excluding hydrogens is 431 g/mol. The van der Waals surface area contributed by atoms with Gasteiger partial charge in [0.05, 0.1) is 13.3 Å². The van der Waals surface area contributed by atoms with Crippen molar-refractivity contribution in [3.63, 3.8) is 0 Å². The topological polar surface area (TPSA) is 90.1 Å². The molecule has 3 aromatic carbocycles. The Kier molecular flexibility index (Phi) is 6.65. The summed E-state index contributed by atoms with van der Waals surface area (Å²) in [7, 11) is 1.51. The molecule has 1 aromatic heterocycles. The predicted octanol–water partition coefficient (Wildman–Crippen LogP) is 5.29. The van der Waals surface area contributed by atoms with Gasteiger partial charge in [-0.1, -0.05) is 30.3 Å². The van der Waals surface area contributed by atoms with Crippen molar-refractivity contribution >= 4 is 11.6 Å². The molecule has 6 nitrogen and oxygen atoms in total. The summed E-state index contributed by atoms with van der Waals surface area (Å²) in [4.78, 5) is 20.6. The van der Waals surface area contributed by atoms with E-state index >= 15 is 0 Å². The predicted molar refractivity (Wildman–Crippen MR) is 131 cm³/mol. The maximum atomic E-state index is 14.7. The molecule has 1 heterocycles. The summed E-state index contributed by atoms with van der Waals surface area (Å²) < 4.78 is 20.1. The van der Waals surface area contributed by atoms with Crippen LogP contribution in [0.15, 0.2) is 67.1 Å². The van der Waals surface area contributed by atoms with Gasteiger partial charge in [-0.25, -0.2) is 9.37 Å².